The van der Waals surface area contributed by atoms with E-state index in [1.807, 2.05) is 0 Å². The standard InChI is InChI=1S/C6H16N2O7P2S/c7-6(9)5(1-2-18)8(3-16(10,11)12)4-17(13,14)15/h5,18H,1-4H2,(H2,7,9)(H2,10,11,12)(H2,13,14,15)/t5-/m0/s1. The number of carbonyl (C=O) groups is 1. The molecule has 0 spiro atoms. The quantitative estimate of drug-likeness (QED) is 0.238. The van der Waals surface area contributed by atoms with Gasteiger partial charge < -0.3 is 25.3 Å². The summed E-state index contributed by atoms with van der Waals surface area (Å²) >= 11 is 3.85. The van der Waals surface area contributed by atoms with Crippen molar-refractivity contribution >= 4 is 33.7 Å². The number of hydrogen-bond acceptors (Lipinski definition) is 5. The van der Waals surface area contributed by atoms with Crippen molar-refractivity contribution in [1.82, 2.24) is 4.90 Å². The van der Waals surface area contributed by atoms with E-state index in [0.29, 0.717) is 4.90 Å². The summed E-state index contributed by atoms with van der Waals surface area (Å²) in [4.78, 5) is 47.2. The maximum Gasteiger partial charge on any atom is 0.339 e. The molecule has 0 radical (unpaired) electrons. The Morgan fingerprint density at radius 2 is 1.56 bits per heavy atom. The van der Waals surface area contributed by atoms with Crippen LogP contribution in [0.1, 0.15) is 6.42 Å². The number of thiol groups is 1. The van der Waals surface area contributed by atoms with Crippen LogP contribution in [0.4, 0.5) is 0 Å². The molecular weight excluding hydrogens is 306 g/mol. The fourth-order valence-electron chi connectivity index (χ4n) is 1.34. The van der Waals surface area contributed by atoms with Gasteiger partial charge in [0.2, 0.25) is 5.91 Å². The zero-order valence-electron chi connectivity index (χ0n) is 9.29. The molecule has 0 aliphatic rings. The van der Waals surface area contributed by atoms with Crippen LogP contribution in [0.25, 0.3) is 0 Å². The molecule has 0 aliphatic heterocycles. The average Bonchev–Trinajstić information content (AvgIpc) is 2.07. The van der Waals surface area contributed by atoms with E-state index in [0.717, 1.165) is 0 Å². The van der Waals surface area contributed by atoms with Crippen LogP contribution in [-0.4, -0.2) is 54.7 Å². The summed E-state index contributed by atoms with van der Waals surface area (Å²) in [6, 6.07) is -1.19. The molecule has 0 heterocycles. The first-order valence-corrected chi connectivity index (χ1v) is 8.92. The highest BCUT2D eigenvalue weighted by Gasteiger charge is 2.33. The number of carbonyl (C=O) groups excluding carboxylic acids is 1. The Labute approximate surface area is 109 Å². The third kappa shape index (κ3) is 8.23. The second-order valence-corrected chi connectivity index (χ2v) is 7.30. The molecule has 0 fully saturated rings. The van der Waals surface area contributed by atoms with Gasteiger partial charge >= 0.3 is 15.2 Å². The van der Waals surface area contributed by atoms with Crippen LogP contribution in [0.15, 0.2) is 0 Å². The molecule has 108 valence electrons. The minimum Gasteiger partial charge on any atom is -0.368 e. The Bertz CT molecular complexity index is 356. The highest BCUT2D eigenvalue weighted by molar-refractivity contribution is 7.80. The lowest BCUT2D eigenvalue weighted by atomic mass is 10.2. The van der Waals surface area contributed by atoms with Crippen molar-refractivity contribution in [2.45, 2.75) is 12.5 Å². The molecule has 1 atom stereocenters. The molecule has 0 saturated carbocycles. The van der Waals surface area contributed by atoms with E-state index in [9.17, 15) is 13.9 Å². The van der Waals surface area contributed by atoms with E-state index in [4.69, 9.17) is 25.3 Å². The molecule has 0 aliphatic carbocycles. The molecule has 6 N–H and O–H groups in total. The van der Waals surface area contributed by atoms with Gasteiger partial charge in [-0.15, -0.1) is 0 Å². The van der Waals surface area contributed by atoms with E-state index >= 15 is 0 Å². The van der Waals surface area contributed by atoms with Gasteiger partial charge in [0.15, 0.2) is 0 Å². The van der Waals surface area contributed by atoms with Crippen molar-refractivity contribution in [3.8, 4) is 0 Å². The molecule has 1 amide bonds. The van der Waals surface area contributed by atoms with Crippen molar-refractivity contribution in [1.29, 1.82) is 0 Å². The zero-order valence-corrected chi connectivity index (χ0v) is 12.0. The maximum atomic E-state index is 11.1. The van der Waals surface area contributed by atoms with Crippen molar-refractivity contribution in [3.05, 3.63) is 0 Å². The molecule has 0 aromatic heterocycles. The van der Waals surface area contributed by atoms with Crippen LogP contribution >= 0.6 is 27.8 Å². The monoisotopic (exact) mass is 322 g/mol. The van der Waals surface area contributed by atoms with Gasteiger partial charge in [0, 0.05) is 0 Å². The Morgan fingerprint density at radius 1 is 1.17 bits per heavy atom. The predicted molar refractivity (Wildman–Crippen MR) is 67.1 cm³/mol. The van der Waals surface area contributed by atoms with Gasteiger partial charge in [-0.25, -0.2) is 0 Å². The highest BCUT2D eigenvalue weighted by Crippen LogP contribution is 2.41. The summed E-state index contributed by atoms with van der Waals surface area (Å²) in [6.45, 7) is 0. The summed E-state index contributed by atoms with van der Waals surface area (Å²) in [6.07, 6.45) is -1.89. The summed E-state index contributed by atoms with van der Waals surface area (Å²) in [5.41, 5.74) is 5.04. The lowest BCUT2D eigenvalue weighted by Gasteiger charge is -2.29. The van der Waals surface area contributed by atoms with Crippen molar-refractivity contribution in [3.63, 3.8) is 0 Å². The largest absolute Gasteiger partial charge is 0.368 e. The Morgan fingerprint density at radius 3 is 1.78 bits per heavy atom. The average molecular weight is 322 g/mol. The van der Waals surface area contributed by atoms with E-state index in [1.54, 1.807) is 0 Å². The Balaban J connectivity index is 5.09. The molecule has 0 aromatic carbocycles. The van der Waals surface area contributed by atoms with Crippen molar-refractivity contribution < 1.29 is 33.5 Å². The fraction of sp³-hybridized carbons (Fsp3) is 0.833. The first kappa shape index (κ1) is 18.1. The van der Waals surface area contributed by atoms with Crippen LogP contribution in [0.3, 0.4) is 0 Å². The molecule has 12 heteroatoms. The number of primary amides is 1. The number of hydrogen-bond donors (Lipinski definition) is 6. The number of rotatable bonds is 8. The normalized spacial score (nSPS) is 14.8. The van der Waals surface area contributed by atoms with Gasteiger partial charge in [0.05, 0.1) is 6.04 Å². The molecule has 9 nitrogen and oxygen atoms in total. The number of nitrogens with zero attached hydrogens (tertiary/aromatic N) is 1. The fourth-order valence-corrected chi connectivity index (χ4v) is 3.29. The predicted octanol–water partition coefficient (Wildman–Crippen LogP) is -1.27. The van der Waals surface area contributed by atoms with Crippen LogP contribution in [0.2, 0.25) is 0 Å². The third-order valence-electron chi connectivity index (χ3n) is 1.90. The molecule has 0 unspecified atom stereocenters. The second-order valence-electron chi connectivity index (χ2n) is 3.63. The minimum absolute atomic E-state index is 0.0262. The van der Waals surface area contributed by atoms with E-state index < -0.39 is 39.7 Å². The van der Waals surface area contributed by atoms with E-state index in [1.165, 1.54) is 0 Å². The number of nitrogens with two attached hydrogens (primary N) is 1. The van der Waals surface area contributed by atoms with E-state index in [2.05, 4.69) is 12.6 Å². The van der Waals surface area contributed by atoms with Crippen LogP contribution in [-0.2, 0) is 13.9 Å². The Hall–Kier alpha value is 0.0800. The summed E-state index contributed by atoms with van der Waals surface area (Å²) in [5, 5.41) is 0. The van der Waals surface area contributed by atoms with Crippen molar-refractivity contribution in [2.75, 3.05) is 18.3 Å². The number of amides is 1. The minimum atomic E-state index is -4.58. The molecular formula is C6H16N2O7P2S. The SMILES string of the molecule is NC(=O)[C@H](CCS)N(CP(=O)(O)O)CP(=O)(O)O. The maximum absolute atomic E-state index is 11.1. The molecule has 0 rings (SSSR count). The van der Waals surface area contributed by atoms with E-state index in [-0.39, 0.29) is 12.2 Å². The topological polar surface area (TPSA) is 161 Å². The smallest absolute Gasteiger partial charge is 0.339 e. The lowest BCUT2D eigenvalue weighted by Crippen LogP contribution is -2.45. The molecule has 0 saturated heterocycles. The molecule has 0 aromatic rings. The lowest BCUT2D eigenvalue weighted by molar-refractivity contribution is -0.122. The first-order chi connectivity index (χ1) is 7.96. The highest BCUT2D eigenvalue weighted by atomic mass is 32.1. The zero-order chi connectivity index (χ0) is 14.6. The van der Waals surface area contributed by atoms with Gasteiger partial charge in [-0.3, -0.25) is 18.8 Å². The summed E-state index contributed by atoms with van der Waals surface area (Å²) in [5.74, 6) is -0.752. The molecule has 18 heavy (non-hydrogen) atoms. The third-order valence-corrected chi connectivity index (χ3v) is 3.63. The molecule has 0 bridgehead atoms. The summed E-state index contributed by atoms with van der Waals surface area (Å²) < 4.78 is 21.8. The van der Waals surface area contributed by atoms with Crippen LogP contribution in [0, 0.1) is 0 Å². The van der Waals surface area contributed by atoms with Gasteiger partial charge in [0.25, 0.3) is 0 Å². The first-order valence-electron chi connectivity index (χ1n) is 4.69. The van der Waals surface area contributed by atoms with Crippen molar-refractivity contribution in [2.24, 2.45) is 5.73 Å². The second kappa shape index (κ2) is 7.02. The van der Waals surface area contributed by atoms with Gasteiger partial charge in [0.1, 0.15) is 12.6 Å². The van der Waals surface area contributed by atoms with Crippen LogP contribution < -0.4 is 5.73 Å². The van der Waals surface area contributed by atoms with Crippen LogP contribution in [0.5, 0.6) is 0 Å². The van der Waals surface area contributed by atoms with Gasteiger partial charge in [-0.05, 0) is 12.2 Å². The van der Waals surface area contributed by atoms with Gasteiger partial charge in [-0.1, -0.05) is 0 Å². The Kier molecular flexibility index (Phi) is 7.05. The summed E-state index contributed by atoms with van der Waals surface area (Å²) in [7, 11) is -9.15. The van der Waals surface area contributed by atoms with Gasteiger partial charge in [-0.2, -0.15) is 12.6 Å².